The highest BCUT2D eigenvalue weighted by molar-refractivity contribution is 5.36. The number of hydrogen-bond donors (Lipinski definition) is 2. The van der Waals surface area contributed by atoms with Gasteiger partial charge in [-0.1, -0.05) is 18.2 Å². The molecule has 1 aliphatic rings. The van der Waals surface area contributed by atoms with Crippen LogP contribution in [0.2, 0.25) is 0 Å². The van der Waals surface area contributed by atoms with Crippen LogP contribution in [0.5, 0.6) is 5.75 Å². The van der Waals surface area contributed by atoms with Gasteiger partial charge in [0.2, 0.25) is 0 Å². The van der Waals surface area contributed by atoms with Crippen LogP contribution >= 0.6 is 0 Å². The first kappa shape index (κ1) is 15.3. The van der Waals surface area contributed by atoms with E-state index in [0.29, 0.717) is 0 Å². The van der Waals surface area contributed by atoms with Crippen LogP contribution in [0.4, 0.5) is 0 Å². The molecule has 1 aromatic carbocycles. The molecule has 4 nitrogen and oxygen atoms in total. The van der Waals surface area contributed by atoms with Gasteiger partial charge in [-0.2, -0.15) is 0 Å². The fourth-order valence-corrected chi connectivity index (χ4v) is 2.77. The molecule has 20 heavy (non-hydrogen) atoms. The molecule has 1 aliphatic heterocycles. The monoisotopic (exact) mass is 278 g/mol. The predicted molar refractivity (Wildman–Crippen MR) is 81.1 cm³/mol. The standard InChI is InChI=1S/C16H26N2O2/c1-13(2)20-16-6-4-3-5-14(16)15(7-12-19)18-10-8-17-9-11-18/h3-6,13,15,17,19H,7-12H2,1-2H3/t15-/m0/s1. The number of nitrogens with one attached hydrogen (secondary N) is 1. The van der Waals surface area contributed by atoms with Crippen molar-refractivity contribution in [3.8, 4) is 5.75 Å². The van der Waals surface area contributed by atoms with E-state index < -0.39 is 0 Å². The maximum absolute atomic E-state index is 9.42. The lowest BCUT2D eigenvalue weighted by molar-refractivity contribution is 0.136. The highest BCUT2D eigenvalue weighted by atomic mass is 16.5. The first-order valence-electron chi connectivity index (χ1n) is 7.53. The van der Waals surface area contributed by atoms with Crippen LogP contribution in [0.3, 0.4) is 0 Å². The van der Waals surface area contributed by atoms with Crippen molar-refractivity contribution in [1.82, 2.24) is 10.2 Å². The minimum atomic E-state index is 0.161. The van der Waals surface area contributed by atoms with Crippen molar-refractivity contribution in [1.29, 1.82) is 0 Å². The van der Waals surface area contributed by atoms with E-state index in [1.165, 1.54) is 5.56 Å². The van der Waals surface area contributed by atoms with Crippen LogP contribution < -0.4 is 10.1 Å². The molecule has 0 unspecified atom stereocenters. The summed E-state index contributed by atoms with van der Waals surface area (Å²) in [4.78, 5) is 2.44. The van der Waals surface area contributed by atoms with Crippen LogP contribution in [0.25, 0.3) is 0 Å². The van der Waals surface area contributed by atoms with Gasteiger partial charge in [0.05, 0.1) is 6.10 Å². The van der Waals surface area contributed by atoms with Crippen molar-refractivity contribution in [2.24, 2.45) is 0 Å². The minimum absolute atomic E-state index is 0.161. The number of benzene rings is 1. The quantitative estimate of drug-likeness (QED) is 0.833. The molecule has 0 radical (unpaired) electrons. The summed E-state index contributed by atoms with van der Waals surface area (Å²) in [5.41, 5.74) is 1.19. The molecule has 112 valence electrons. The highest BCUT2D eigenvalue weighted by Crippen LogP contribution is 2.32. The summed E-state index contributed by atoms with van der Waals surface area (Å²) in [5, 5.41) is 12.8. The molecule has 1 heterocycles. The van der Waals surface area contributed by atoms with Gasteiger partial charge < -0.3 is 15.2 Å². The fraction of sp³-hybridized carbons (Fsp3) is 0.625. The number of nitrogens with zero attached hydrogens (tertiary/aromatic N) is 1. The molecule has 1 fully saturated rings. The zero-order valence-electron chi connectivity index (χ0n) is 12.5. The molecule has 2 N–H and O–H groups in total. The van der Waals surface area contributed by atoms with Crippen LogP contribution in [0.15, 0.2) is 24.3 Å². The van der Waals surface area contributed by atoms with E-state index in [9.17, 15) is 5.11 Å². The number of aliphatic hydroxyl groups excluding tert-OH is 1. The molecular weight excluding hydrogens is 252 g/mol. The Kier molecular flexibility index (Phi) is 5.83. The lowest BCUT2D eigenvalue weighted by Gasteiger charge is -2.35. The summed E-state index contributed by atoms with van der Waals surface area (Å²) < 4.78 is 5.94. The summed E-state index contributed by atoms with van der Waals surface area (Å²) in [6.45, 7) is 8.33. The zero-order chi connectivity index (χ0) is 14.4. The third kappa shape index (κ3) is 3.95. The Bertz CT molecular complexity index is 403. The number of hydrogen-bond acceptors (Lipinski definition) is 4. The molecule has 0 aromatic heterocycles. The average molecular weight is 278 g/mol. The van der Waals surface area contributed by atoms with Gasteiger partial charge in [-0.3, -0.25) is 4.90 Å². The third-order valence-electron chi connectivity index (χ3n) is 3.64. The van der Waals surface area contributed by atoms with Crippen molar-refractivity contribution >= 4 is 0 Å². The average Bonchev–Trinajstić information content (AvgIpc) is 2.46. The Morgan fingerprint density at radius 3 is 2.60 bits per heavy atom. The molecule has 4 heteroatoms. The maximum Gasteiger partial charge on any atom is 0.124 e. The number of piperazine rings is 1. The van der Waals surface area contributed by atoms with Crippen LogP contribution in [-0.2, 0) is 0 Å². The summed E-state index contributed by atoms with van der Waals surface area (Å²) in [6.07, 6.45) is 0.910. The van der Waals surface area contributed by atoms with E-state index in [1.54, 1.807) is 0 Å². The number of rotatable bonds is 6. The van der Waals surface area contributed by atoms with Crippen molar-refractivity contribution in [2.45, 2.75) is 32.4 Å². The lowest BCUT2D eigenvalue weighted by Crippen LogP contribution is -2.45. The first-order chi connectivity index (χ1) is 9.72. The summed E-state index contributed by atoms with van der Waals surface area (Å²) in [5.74, 6) is 0.944. The Morgan fingerprint density at radius 2 is 1.95 bits per heavy atom. The largest absolute Gasteiger partial charge is 0.491 e. The number of aliphatic hydroxyl groups is 1. The number of para-hydroxylation sites is 1. The molecule has 0 spiro atoms. The zero-order valence-corrected chi connectivity index (χ0v) is 12.5. The summed E-state index contributed by atoms with van der Waals surface area (Å²) in [7, 11) is 0. The summed E-state index contributed by atoms with van der Waals surface area (Å²) >= 11 is 0. The van der Waals surface area contributed by atoms with E-state index in [1.807, 2.05) is 26.0 Å². The fourth-order valence-electron chi connectivity index (χ4n) is 2.77. The molecule has 0 saturated carbocycles. The second kappa shape index (κ2) is 7.62. The topological polar surface area (TPSA) is 44.7 Å². The predicted octanol–water partition coefficient (Wildman–Crippen LogP) is 1.80. The van der Waals surface area contributed by atoms with Gasteiger partial charge >= 0.3 is 0 Å². The van der Waals surface area contributed by atoms with Crippen molar-refractivity contribution < 1.29 is 9.84 Å². The normalized spacial score (nSPS) is 18.2. The Hall–Kier alpha value is -1.10. The first-order valence-corrected chi connectivity index (χ1v) is 7.53. The Morgan fingerprint density at radius 1 is 1.25 bits per heavy atom. The Labute approximate surface area is 121 Å². The van der Waals surface area contributed by atoms with Gasteiger partial charge in [-0.05, 0) is 26.3 Å². The molecule has 0 amide bonds. The van der Waals surface area contributed by atoms with Crippen molar-refractivity contribution in [3.05, 3.63) is 29.8 Å². The van der Waals surface area contributed by atoms with Gasteiger partial charge in [0.1, 0.15) is 5.75 Å². The van der Waals surface area contributed by atoms with Crippen LogP contribution in [-0.4, -0.2) is 48.9 Å². The molecule has 1 atom stereocenters. The second-order valence-corrected chi connectivity index (χ2v) is 5.52. The van der Waals surface area contributed by atoms with Gasteiger partial charge in [0.25, 0.3) is 0 Å². The van der Waals surface area contributed by atoms with Gasteiger partial charge in [0.15, 0.2) is 0 Å². The maximum atomic E-state index is 9.42. The smallest absolute Gasteiger partial charge is 0.124 e. The van der Waals surface area contributed by atoms with Gasteiger partial charge in [0, 0.05) is 44.4 Å². The lowest BCUT2D eigenvalue weighted by atomic mass is 10.0. The molecule has 2 rings (SSSR count). The second-order valence-electron chi connectivity index (χ2n) is 5.52. The highest BCUT2D eigenvalue weighted by Gasteiger charge is 2.24. The van der Waals surface area contributed by atoms with E-state index >= 15 is 0 Å². The van der Waals surface area contributed by atoms with Crippen molar-refractivity contribution in [2.75, 3.05) is 32.8 Å². The van der Waals surface area contributed by atoms with Gasteiger partial charge in [-0.25, -0.2) is 0 Å². The molecule has 0 bridgehead atoms. The molecule has 1 saturated heterocycles. The Balaban J connectivity index is 2.23. The third-order valence-corrected chi connectivity index (χ3v) is 3.64. The summed E-state index contributed by atoms with van der Waals surface area (Å²) in [6, 6.07) is 8.45. The van der Waals surface area contributed by atoms with Crippen LogP contribution in [0.1, 0.15) is 31.9 Å². The van der Waals surface area contributed by atoms with E-state index in [0.717, 1.165) is 38.3 Å². The van der Waals surface area contributed by atoms with E-state index in [2.05, 4.69) is 22.3 Å². The molecule has 0 aliphatic carbocycles. The van der Waals surface area contributed by atoms with E-state index in [-0.39, 0.29) is 18.8 Å². The van der Waals surface area contributed by atoms with Crippen LogP contribution in [0, 0.1) is 0 Å². The SMILES string of the molecule is CC(C)Oc1ccccc1[C@H](CCO)N1CCNCC1. The van der Waals surface area contributed by atoms with E-state index in [4.69, 9.17) is 4.74 Å². The van der Waals surface area contributed by atoms with Gasteiger partial charge in [-0.15, -0.1) is 0 Å². The number of ether oxygens (including phenoxy) is 1. The minimum Gasteiger partial charge on any atom is -0.491 e. The molecule has 1 aromatic rings. The van der Waals surface area contributed by atoms with Crippen molar-refractivity contribution in [3.63, 3.8) is 0 Å². The molecular formula is C16H26N2O2.